The molecule has 2 rings (SSSR count). The van der Waals surface area contributed by atoms with E-state index in [9.17, 15) is 9.59 Å². The van der Waals surface area contributed by atoms with Crippen molar-refractivity contribution in [3.05, 3.63) is 23.8 Å². The van der Waals surface area contributed by atoms with Gasteiger partial charge in [-0.15, -0.1) is 0 Å². The highest BCUT2D eigenvalue weighted by Gasteiger charge is 2.42. The van der Waals surface area contributed by atoms with Gasteiger partial charge in [0, 0.05) is 25.2 Å². The quantitative estimate of drug-likeness (QED) is 0.867. The number of aliphatic carboxylic acids is 1. The summed E-state index contributed by atoms with van der Waals surface area (Å²) in [5.74, 6) is -0.655. The lowest BCUT2D eigenvalue weighted by atomic mass is 9.73. The first-order valence-corrected chi connectivity index (χ1v) is 7.16. The Kier molecular flexibility index (Phi) is 4.90. The first-order valence-electron chi connectivity index (χ1n) is 7.16. The largest absolute Gasteiger partial charge is 0.497 e. The molecule has 1 N–H and O–H groups in total. The Bertz CT molecular complexity index is 572. The lowest BCUT2D eigenvalue weighted by molar-refractivity contribution is -0.156. The molecule has 0 aliphatic heterocycles. The molecule has 0 heterocycles. The number of carbonyl (C=O) groups is 2. The third-order valence-corrected chi connectivity index (χ3v) is 4.19. The molecule has 1 saturated carbocycles. The van der Waals surface area contributed by atoms with Crippen molar-refractivity contribution in [1.82, 2.24) is 4.90 Å². The average Bonchev–Trinajstić information content (AvgIpc) is 2.45. The number of carboxylic acid groups (broad SMARTS) is 1. The fourth-order valence-electron chi connectivity index (χ4n) is 2.69. The zero-order valence-corrected chi connectivity index (χ0v) is 13.0. The van der Waals surface area contributed by atoms with E-state index < -0.39 is 17.8 Å². The summed E-state index contributed by atoms with van der Waals surface area (Å²) in [6.45, 7) is 0.370. The number of carbonyl (C=O) groups excluding carboxylic acids is 1. The van der Waals surface area contributed by atoms with Gasteiger partial charge in [0.1, 0.15) is 11.5 Å². The van der Waals surface area contributed by atoms with Gasteiger partial charge in [0.15, 0.2) is 0 Å². The van der Waals surface area contributed by atoms with E-state index >= 15 is 0 Å². The molecule has 1 aromatic rings. The van der Waals surface area contributed by atoms with Crippen LogP contribution in [0.25, 0.3) is 0 Å². The summed E-state index contributed by atoms with van der Waals surface area (Å²) in [6.07, 6.45) is 1.21. The summed E-state index contributed by atoms with van der Waals surface area (Å²) in [5.41, 5.74) is 0.852. The lowest BCUT2D eigenvalue weighted by Gasteiger charge is -2.35. The maximum absolute atomic E-state index is 12.4. The van der Waals surface area contributed by atoms with Gasteiger partial charge in [0.05, 0.1) is 26.1 Å². The normalized spacial score (nSPS) is 20.0. The smallest absolute Gasteiger partial charge is 0.307 e. The van der Waals surface area contributed by atoms with Crippen LogP contribution in [0.15, 0.2) is 18.2 Å². The van der Waals surface area contributed by atoms with Crippen LogP contribution in [0, 0.1) is 11.8 Å². The third kappa shape index (κ3) is 3.16. The highest BCUT2D eigenvalue weighted by molar-refractivity contribution is 5.86. The summed E-state index contributed by atoms with van der Waals surface area (Å²) in [6, 6.07) is 5.41. The van der Waals surface area contributed by atoms with Gasteiger partial charge in [-0.3, -0.25) is 9.59 Å². The Morgan fingerprint density at radius 3 is 2.41 bits per heavy atom. The molecule has 0 bridgehead atoms. The van der Waals surface area contributed by atoms with E-state index in [2.05, 4.69) is 0 Å². The molecule has 0 saturated heterocycles. The minimum Gasteiger partial charge on any atom is -0.497 e. The van der Waals surface area contributed by atoms with Crippen molar-refractivity contribution in [2.45, 2.75) is 19.4 Å². The van der Waals surface area contributed by atoms with E-state index in [1.807, 2.05) is 6.07 Å². The Labute approximate surface area is 129 Å². The Hall–Kier alpha value is -2.24. The van der Waals surface area contributed by atoms with Crippen LogP contribution >= 0.6 is 0 Å². The molecule has 1 aliphatic rings. The molecule has 1 aromatic carbocycles. The Morgan fingerprint density at radius 2 is 1.91 bits per heavy atom. The number of benzene rings is 1. The molecule has 120 valence electrons. The summed E-state index contributed by atoms with van der Waals surface area (Å²) in [7, 11) is 4.82. The molecule has 0 aromatic heterocycles. The number of amides is 1. The zero-order chi connectivity index (χ0) is 16.3. The molecule has 6 heteroatoms. The molecular formula is C16H21NO5. The molecule has 0 spiro atoms. The molecule has 2 unspecified atom stereocenters. The maximum atomic E-state index is 12.4. The van der Waals surface area contributed by atoms with Crippen LogP contribution in [0.4, 0.5) is 0 Å². The number of methoxy groups -OCH3 is 2. The second-order valence-electron chi connectivity index (χ2n) is 5.50. The fourth-order valence-corrected chi connectivity index (χ4v) is 2.69. The number of carboxylic acids is 1. The number of hydrogen-bond donors (Lipinski definition) is 1. The van der Waals surface area contributed by atoms with Crippen LogP contribution in [0.3, 0.4) is 0 Å². The van der Waals surface area contributed by atoms with Crippen LogP contribution < -0.4 is 9.47 Å². The zero-order valence-electron chi connectivity index (χ0n) is 13.0. The molecule has 0 radical (unpaired) electrons. The van der Waals surface area contributed by atoms with E-state index in [4.69, 9.17) is 14.6 Å². The van der Waals surface area contributed by atoms with Crippen molar-refractivity contribution >= 4 is 11.9 Å². The first kappa shape index (κ1) is 16.1. The fraction of sp³-hybridized carbons (Fsp3) is 0.500. The van der Waals surface area contributed by atoms with Gasteiger partial charge in [-0.1, -0.05) is 0 Å². The van der Waals surface area contributed by atoms with Crippen LogP contribution in [-0.2, 0) is 16.1 Å². The van der Waals surface area contributed by atoms with Gasteiger partial charge in [0.2, 0.25) is 5.91 Å². The molecule has 1 fully saturated rings. The van der Waals surface area contributed by atoms with Crippen LogP contribution in [0.2, 0.25) is 0 Å². The van der Waals surface area contributed by atoms with Crippen molar-refractivity contribution in [3.63, 3.8) is 0 Å². The van der Waals surface area contributed by atoms with E-state index in [1.165, 1.54) is 0 Å². The Morgan fingerprint density at radius 1 is 1.23 bits per heavy atom. The molecule has 22 heavy (non-hydrogen) atoms. The predicted octanol–water partition coefficient (Wildman–Crippen LogP) is 1.77. The molecular weight excluding hydrogens is 286 g/mol. The maximum Gasteiger partial charge on any atom is 0.307 e. The minimum atomic E-state index is -0.889. The van der Waals surface area contributed by atoms with Crippen LogP contribution in [0.5, 0.6) is 11.5 Å². The van der Waals surface area contributed by atoms with E-state index in [1.54, 1.807) is 38.3 Å². The van der Waals surface area contributed by atoms with Gasteiger partial charge in [-0.25, -0.2) is 0 Å². The highest BCUT2D eigenvalue weighted by atomic mass is 16.5. The van der Waals surface area contributed by atoms with Crippen molar-refractivity contribution in [2.24, 2.45) is 11.8 Å². The number of hydrogen-bond acceptors (Lipinski definition) is 4. The van der Waals surface area contributed by atoms with Gasteiger partial charge in [0.25, 0.3) is 0 Å². The number of ether oxygens (including phenoxy) is 2. The topological polar surface area (TPSA) is 76.1 Å². The summed E-state index contributed by atoms with van der Waals surface area (Å²) in [5, 5.41) is 9.06. The Balaban J connectivity index is 2.07. The SMILES string of the molecule is COc1ccc(CN(C)C(=O)C2CCC2C(=O)O)c(OC)c1. The lowest BCUT2D eigenvalue weighted by Crippen LogP contribution is -2.44. The third-order valence-electron chi connectivity index (χ3n) is 4.19. The second kappa shape index (κ2) is 6.68. The minimum absolute atomic E-state index is 0.128. The van der Waals surface area contributed by atoms with Crippen LogP contribution in [0.1, 0.15) is 18.4 Å². The average molecular weight is 307 g/mol. The van der Waals surface area contributed by atoms with Gasteiger partial charge >= 0.3 is 5.97 Å². The number of rotatable bonds is 6. The predicted molar refractivity (Wildman–Crippen MR) is 79.9 cm³/mol. The van der Waals surface area contributed by atoms with Gasteiger partial charge in [-0.2, -0.15) is 0 Å². The molecule has 6 nitrogen and oxygen atoms in total. The van der Waals surface area contributed by atoms with Crippen molar-refractivity contribution in [1.29, 1.82) is 0 Å². The van der Waals surface area contributed by atoms with Crippen molar-refractivity contribution < 1.29 is 24.2 Å². The summed E-state index contributed by atoms with van der Waals surface area (Å²) in [4.78, 5) is 25.0. The standard InChI is InChI=1S/C16H21NO5/c1-17(15(18)12-6-7-13(12)16(19)20)9-10-4-5-11(21-2)8-14(10)22-3/h4-5,8,12-13H,6-7,9H2,1-3H3,(H,19,20). The van der Waals surface area contributed by atoms with Crippen molar-refractivity contribution in [3.8, 4) is 11.5 Å². The first-order chi connectivity index (χ1) is 10.5. The van der Waals surface area contributed by atoms with E-state index in [0.717, 1.165) is 5.56 Å². The summed E-state index contributed by atoms with van der Waals surface area (Å²) >= 11 is 0. The molecule has 1 amide bonds. The van der Waals surface area contributed by atoms with E-state index in [0.29, 0.717) is 30.9 Å². The number of nitrogens with zero attached hydrogens (tertiary/aromatic N) is 1. The summed E-state index contributed by atoms with van der Waals surface area (Å²) < 4.78 is 10.5. The monoisotopic (exact) mass is 307 g/mol. The van der Waals surface area contributed by atoms with Gasteiger partial charge in [-0.05, 0) is 25.0 Å². The van der Waals surface area contributed by atoms with Crippen LogP contribution in [-0.4, -0.2) is 43.2 Å². The second-order valence-corrected chi connectivity index (χ2v) is 5.50. The highest BCUT2D eigenvalue weighted by Crippen LogP contribution is 2.36. The van der Waals surface area contributed by atoms with Crippen molar-refractivity contribution in [2.75, 3.05) is 21.3 Å². The van der Waals surface area contributed by atoms with Gasteiger partial charge < -0.3 is 19.5 Å². The molecule has 1 aliphatic carbocycles. The molecule has 2 atom stereocenters. The van der Waals surface area contributed by atoms with E-state index in [-0.39, 0.29) is 5.91 Å².